The summed E-state index contributed by atoms with van der Waals surface area (Å²) in [7, 11) is 0. The van der Waals surface area contributed by atoms with Crippen LogP contribution < -0.4 is 10.1 Å². The lowest BCUT2D eigenvalue weighted by Gasteiger charge is -2.14. The summed E-state index contributed by atoms with van der Waals surface area (Å²) in [5, 5.41) is 13.9. The second kappa shape index (κ2) is 9.50. The number of hydrogen-bond donors (Lipinski definition) is 2. The molecule has 4 nitrogen and oxygen atoms in total. The van der Waals surface area contributed by atoms with E-state index in [0.717, 1.165) is 50.5 Å². The standard InChI is InChI=1S/C30H22N2O2/c1-2-22-19-31-29-16-11-24(23-8-6-7-21(17-23)20-33)18-28(29)30(22)32-25-12-14-27(15-13-25)34-26-9-4-3-5-10-26/h1,3-19,33H,20H2,(H,31,32). The van der Waals surface area contributed by atoms with Crippen LogP contribution >= 0.6 is 0 Å². The average molecular weight is 443 g/mol. The van der Waals surface area contributed by atoms with E-state index in [1.807, 2.05) is 91.0 Å². The number of nitrogens with zero attached hydrogens (tertiary/aromatic N) is 1. The summed E-state index contributed by atoms with van der Waals surface area (Å²) in [4.78, 5) is 4.54. The van der Waals surface area contributed by atoms with Crippen molar-refractivity contribution in [3.63, 3.8) is 0 Å². The lowest BCUT2D eigenvalue weighted by Crippen LogP contribution is -1.97. The number of aromatic nitrogens is 1. The maximum atomic E-state index is 9.51. The van der Waals surface area contributed by atoms with Crippen molar-refractivity contribution in [1.82, 2.24) is 4.98 Å². The summed E-state index contributed by atoms with van der Waals surface area (Å²) in [5.74, 6) is 4.28. The molecule has 0 spiro atoms. The van der Waals surface area contributed by atoms with Crippen molar-refractivity contribution in [3.8, 4) is 35.0 Å². The number of pyridine rings is 1. The first-order chi connectivity index (χ1) is 16.7. The number of nitrogens with one attached hydrogen (secondary N) is 1. The molecule has 0 saturated carbocycles. The van der Waals surface area contributed by atoms with Gasteiger partial charge in [0.15, 0.2) is 0 Å². The third-order valence-corrected chi connectivity index (χ3v) is 5.57. The zero-order valence-electron chi connectivity index (χ0n) is 18.4. The molecule has 1 heterocycles. The van der Waals surface area contributed by atoms with Crippen molar-refractivity contribution < 1.29 is 9.84 Å². The van der Waals surface area contributed by atoms with E-state index in [4.69, 9.17) is 11.2 Å². The van der Waals surface area contributed by atoms with Crippen molar-refractivity contribution in [2.24, 2.45) is 0 Å². The van der Waals surface area contributed by atoms with Crippen molar-refractivity contribution in [3.05, 3.63) is 114 Å². The Hall–Kier alpha value is -4.59. The molecule has 4 aromatic carbocycles. The SMILES string of the molecule is C#Cc1cnc2ccc(-c3cccc(CO)c3)cc2c1Nc1ccc(Oc2ccccc2)cc1. The maximum absolute atomic E-state index is 9.51. The Kier molecular flexibility index (Phi) is 5.94. The van der Waals surface area contributed by atoms with Crippen LogP contribution in [-0.4, -0.2) is 10.1 Å². The summed E-state index contributed by atoms with van der Waals surface area (Å²) in [6, 6.07) is 31.4. The molecule has 5 aromatic rings. The minimum absolute atomic E-state index is 0.000998. The van der Waals surface area contributed by atoms with Gasteiger partial charge in [0.25, 0.3) is 0 Å². The molecule has 0 unspecified atom stereocenters. The predicted octanol–water partition coefficient (Wildman–Crippen LogP) is 6.91. The number of para-hydroxylation sites is 1. The van der Waals surface area contributed by atoms with E-state index in [1.165, 1.54) is 0 Å². The van der Waals surface area contributed by atoms with E-state index in [0.29, 0.717) is 5.56 Å². The van der Waals surface area contributed by atoms with Gasteiger partial charge in [-0.05, 0) is 71.3 Å². The van der Waals surface area contributed by atoms with Crippen molar-refractivity contribution in [2.75, 3.05) is 5.32 Å². The molecule has 4 heteroatoms. The number of aliphatic hydroxyl groups excluding tert-OH is 1. The highest BCUT2D eigenvalue weighted by molar-refractivity contribution is 5.98. The Morgan fingerprint density at radius 1 is 0.824 bits per heavy atom. The van der Waals surface area contributed by atoms with Crippen LogP contribution in [-0.2, 0) is 6.61 Å². The van der Waals surface area contributed by atoms with Gasteiger partial charge in [0.1, 0.15) is 11.5 Å². The highest BCUT2D eigenvalue weighted by Crippen LogP contribution is 2.33. The fourth-order valence-electron chi connectivity index (χ4n) is 3.84. The van der Waals surface area contributed by atoms with E-state index < -0.39 is 0 Å². The molecule has 0 fully saturated rings. The maximum Gasteiger partial charge on any atom is 0.127 e. The van der Waals surface area contributed by atoms with E-state index in [2.05, 4.69) is 22.3 Å². The Morgan fingerprint density at radius 3 is 2.35 bits per heavy atom. The van der Waals surface area contributed by atoms with Gasteiger partial charge in [-0.2, -0.15) is 0 Å². The van der Waals surface area contributed by atoms with Gasteiger partial charge >= 0.3 is 0 Å². The van der Waals surface area contributed by atoms with Crippen LogP contribution in [0, 0.1) is 12.3 Å². The molecule has 34 heavy (non-hydrogen) atoms. The molecular formula is C30H22N2O2. The molecule has 0 aliphatic rings. The number of ether oxygens (including phenoxy) is 1. The summed E-state index contributed by atoms with van der Waals surface area (Å²) >= 11 is 0. The summed E-state index contributed by atoms with van der Waals surface area (Å²) in [6.45, 7) is 0.000998. The Labute approximate surface area is 198 Å². The van der Waals surface area contributed by atoms with Gasteiger partial charge in [-0.3, -0.25) is 4.98 Å². The first kappa shape index (κ1) is 21.3. The van der Waals surface area contributed by atoms with Crippen LogP contribution in [0.4, 0.5) is 11.4 Å². The fourth-order valence-corrected chi connectivity index (χ4v) is 3.84. The molecule has 0 radical (unpaired) electrons. The fraction of sp³-hybridized carbons (Fsp3) is 0.0333. The molecular weight excluding hydrogens is 420 g/mol. The second-order valence-corrected chi connectivity index (χ2v) is 7.85. The minimum atomic E-state index is 0.000998. The molecule has 0 saturated heterocycles. The Morgan fingerprint density at radius 2 is 1.59 bits per heavy atom. The predicted molar refractivity (Wildman–Crippen MR) is 137 cm³/mol. The van der Waals surface area contributed by atoms with Crippen LogP contribution in [0.3, 0.4) is 0 Å². The first-order valence-electron chi connectivity index (χ1n) is 10.9. The molecule has 2 N–H and O–H groups in total. The number of hydrogen-bond acceptors (Lipinski definition) is 4. The van der Waals surface area contributed by atoms with E-state index >= 15 is 0 Å². The third-order valence-electron chi connectivity index (χ3n) is 5.57. The van der Waals surface area contributed by atoms with Crippen molar-refractivity contribution in [2.45, 2.75) is 6.61 Å². The first-order valence-corrected chi connectivity index (χ1v) is 10.9. The van der Waals surface area contributed by atoms with Gasteiger partial charge in [-0.15, -0.1) is 6.42 Å². The van der Waals surface area contributed by atoms with Gasteiger partial charge in [0, 0.05) is 17.3 Å². The normalized spacial score (nSPS) is 10.6. The smallest absolute Gasteiger partial charge is 0.127 e. The van der Waals surface area contributed by atoms with Gasteiger partial charge in [0.2, 0.25) is 0 Å². The van der Waals surface area contributed by atoms with Crippen LogP contribution in [0.25, 0.3) is 22.0 Å². The van der Waals surface area contributed by atoms with E-state index in [9.17, 15) is 5.11 Å². The van der Waals surface area contributed by atoms with Crippen molar-refractivity contribution in [1.29, 1.82) is 0 Å². The molecule has 0 bridgehead atoms. The minimum Gasteiger partial charge on any atom is -0.457 e. The van der Waals surface area contributed by atoms with Gasteiger partial charge in [0.05, 0.1) is 23.4 Å². The molecule has 164 valence electrons. The highest BCUT2D eigenvalue weighted by Gasteiger charge is 2.11. The van der Waals surface area contributed by atoms with Gasteiger partial charge in [-0.1, -0.05) is 48.4 Å². The topological polar surface area (TPSA) is 54.4 Å². The summed E-state index contributed by atoms with van der Waals surface area (Å²) in [6.07, 6.45) is 7.53. The summed E-state index contributed by atoms with van der Waals surface area (Å²) in [5.41, 5.74) is 6.14. The lowest BCUT2D eigenvalue weighted by molar-refractivity contribution is 0.282. The third kappa shape index (κ3) is 4.47. The van der Waals surface area contributed by atoms with Gasteiger partial charge in [-0.25, -0.2) is 0 Å². The zero-order chi connectivity index (χ0) is 23.3. The van der Waals surface area contributed by atoms with E-state index in [-0.39, 0.29) is 6.61 Å². The van der Waals surface area contributed by atoms with E-state index in [1.54, 1.807) is 6.20 Å². The van der Waals surface area contributed by atoms with Crippen LogP contribution in [0.5, 0.6) is 11.5 Å². The van der Waals surface area contributed by atoms with Crippen LogP contribution in [0.1, 0.15) is 11.1 Å². The number of anilines is 2. The molecule has 5 rings (SSSR count). The van der Waals surface area contributed by atoms with Gasteiger partial charge < -0.3 is 15.2 Å². The van der Waals surface area contributed by atoms with Crippen molar-refractivity contribution >= 4 is 22.3 Å². The Bertz CT molecular complexity index is 1490. The molecule has 0 amide bonds. The molecule has 0 aliphatic carbocycles. The largest absolute Gasteiger partial charge is 0.457 e. The number of benzene rings is 4. The number of terminal acetylenes is 1. The number of rotatable bonds is 6. The summed E-state index contributed by atoms with van der Waals surface area (Å²) < 4.78 is 5.89. The number of fused-ring (bicyclic) bond motifs is 1. The zero-order valence-corrected chi connectivity index (χ0v) is 18.4. The van der Waals surface area contributed by atoms with Crippen LogP contribution in [0.15, 0.2) is 103 Å². The Balaban J connectivity index is 1.49. The highest BCUT2D eigenvalue weighted by atomic mass is 16.5. The lowest BCUT2D eigenvalue weighted by atomic mass is 9.99. The second-order valence-electron chi connectivity index (χ2n) is 7.85. The quantitative estimate of drug-likeness (QED) is 0.281. The molecule has 0 aliphatic heterocycles. The van der Waals surface area contributed by atoms with Crippen LogP contribution in [0.2, 0.25) is 0 Å². The number of aliphatic hydroxyl groups is 1. The average Bonchev–Trinajstić information content (AvgIpc) is 2.90. The monoisotopic (exact) mass is 442 g/mol. The molecule has 0 atom stereocenters. The molecule has 1 aromatic heterocycles.